The lowest BCUT2D eigenvalue weighted by molar-refractivity contribution is 0.243. The molecule has 4 nitrogen and oxygen atoms in total. The highest BCUT2D eigenvalue weighted by Crippen LogP contribution is 2.30. The third-order valence-electron chi connectivity index (χ3n) is 4.52. The number of benzene rings is 2. The van der Waals surface area contributed by atoms with E-state index in [0.29, 0.717) is 17.5 Å². The number of nitriles is 1. The zero-order valence-corrected chi connectivity index (χ0v) is 17.2. The van der Waals surface area contributed by atoms with E-state index in [1.54, 1.807) is 11.6 Å². The second-order valence-electron chi connectivity index (χ2n) is 7.68. The van der Waals surface area contributed by atoms with E-state index >= 15 is 0 Å². The van der Waals surface area contributed by atoms with Crippen molar-refractivity contribution in [2.45, 2.75) is 32.2 Å². The first-order valence-electron chi connectivity index (χ1n) is 9.03. The standard InChI is InChI=1S/C22H24N2O2Si/c1-24-21(20(15-23)26-27(2,3)4)19(14-16-10-6-5-7-11-16)17-12-8-9-13-18(17)22(24)25/h5-13,20H,14H2,1-4H3. The zero-order chi connectivity index (χ0) is 19.6. The highest BCUT2D eigenvalue weighted by molar-refractivity contribution is 6.69. The lowest BCUT2D eigenvalue weighted by Gasteiger charge is -2.26. The molecule has 3 rings (SSSR count). The Morgan fingerprint density at radius 2 is 1.63 bits per heavy atom. The Bertz CT molecular complexity index is 1060. The van der Waals surface area contributed by atoms with Gasteiger partial charge in [0.05, 0.1) is 11.8 Å². The number of pyridine rings is 1. The second-order valence-corrected chi connectivity index (χ2v) is 12.1. The van der Waals surface area contributed by atoms with E-state index in [4.69, 9.17) is 4.43 Å². The quantitative estimate of drug-likeness (QED) is 0.614. The van der Waals surface area contributed by atoms with Crippen LogP contribution in [0.2, 0.25) is 19.6 Å². The molecule has 0 radical (unpaired) electrons. The SMILES string of the molecule is Cn1c(C(C#N)O[Si](C)(C)C)c(Cc2ccccc2)c2ccccc2c1=O. The minimum atomic E-state index is -1.98. The third-order valence-corrected chi connectivity index (χ3v) is 5.46. The predicted molar refractivity (Wildman–Crippen MR) is 111 cm³/mol. The Labute approximate surface area is 160 Å². The monoisotopic (exact) mass is 376 g/mol. The Balaban J connectivity index is 2.30. The van der Waals surface area contributed by atoms with Gasteiger partial charge in [0.1, 0.15) is 0 Å². The summed E-state index contributed by atoms with van der Waals surface area (Å²) in [5.41, 5.74) is 2.67. The van der Waals surface area contributed by atoms with E-state index in [9.17, 15) is 10.1 Å². The summed E-state index contributed by atoms with van der Waals surface area (Å²) in [6.07, 6.45) is -0.129. The first-order valence-corrected chi connectivity index (χ1v) is 12.4. The first-order chi connectivity index (χ1) is 12.8. The van der Waals surface area contributed by atoms with Gasteiger partial charge in [-0.3, -0.25) is 4.79 Å². The number of hydrogen-bond donors (Lipinski definition) is 0. The van der Waals surface area contributed by atoms with Crippen LogP contribution in [-0.2, 0) is 17.9 Å². The van der Waals surface area contributed by atoms with Gasteiger partial charge in [-0.2, -0.15) is 5.26 Å². The molecule has 0 amide bonds. The highest BCUT2D eigenvalue weighted by Gasteiger charge is 2.28. The molecule has 1 atom stereocenters. The van der Waals surface area contributed by atoms with Gasteiger partial charge in [0.2, 0.25) is 0 Å². The lowest BCUT2D eigenvalue weighted by Crippen LogP contribution is -2.32. The van der Waals surface area contributed by atoms with Crippen molar-refractivity contribution in [1.29, 1.82) is 5.26 Å². The Morgan fingerprint density at radius 3 is 2.22 bits per heavy atom. The van der Waals surface area contributed by atoms with Gasteiger partial charge in [-0.15, -0.1) is 0 Å². The summed E-state index contributed by atoms with van der Waals surface area (Å²) in [6.45, 7) is 6.15. The Kier molecular flexibility index (Phi) is 5.31. The number of nitrogens with zero attached hydrogens (tertiary/aromatic N) is 2. The summed E-state index contributed by atoms with van der Waals surface area (Å²) >= 11 is 0. The van der Waals surface area contributed by atoms with E-state index < -0.39 is 14.4 Å². The molecule has 0 N–H and O–H groups in total. The molecule has 0 aliphatic carbocycles. The highest BCUT2D eigenvalue weighted by atomic mass is 28.4. The molecule has 0 bridgehead atoms. The maximum absolute atomic E-state index is 12.9. The number of fused-ring (bicyclic) bond motifs is 1. The summed E-state index contributed by atoms with van der Waals surface area (Å²) < 4.78 is 7.75. The lowest BCUT2D eigenvalue weighted by atomic mass is 9.95. The molecule has 0 saturated heterocycles. The minimum absolute atomic E-state index is 0.100. The average molecular weight is 377 g/mol. The normalized spacial score (nSPS) is 12.7. The largest absolute Gasteiger partial charge is 0.398 e. The smallest absolute Gasteiger partial charge is 0.258 e. The van der Waals surface area contributed by atoms with Crippen LogP contribution in [-0.4, -0.2) is 12.9 Å². The minimum Gasteiger partial charge on any atom is -0.398 e. The fraction of sp³-hybridized carbons (Fsp3) is 0.273. The van der Waals surface area contributed by atoms with Gasteiger partial charge in [-0.1, -0.05) is 48.5 Å². The third kappa shape index (κ3) is 4.02. The van der Waals surface area contributed by atoms with Gasteiger partial charge in [-0.25, -0.2) is 0 Å². The van der Waals surface area contributed by atoms with Gasteiger partial charge in [0, 0.05) is 12.4 Å². The van der Waals surface area contributed by atoms with Crippen molar-refractivity contribution in [2.75, 3.05) is 0 Å². The van der Waals surface area contributed by atoms with Crippen LogP contribution in [0.1, 0.15) is 22.9 Å². The molecular formula is C22H24N2O2Si. The van der Waals surface area contributed by atoms with Gasteiger partial charge >= 0.3 is 0 Å². The molecule has 3 aromatic rings. The molecule has 27 heavy (non-hydrogen) atoms. The van der Waals surface area contributed by atoms with Crippen molar-refractivity contribution in [1.82, 2.24) is 4.57 Å². The zero-order valence-electron chi connectivity index (χ0n) is 16.2. The first kappa shape index (κ1) is 19.1. The van der Waals surface area contributed by atoms with E-state index in [0.717, 1.165) is 16.5 Å². The van der Waals surface area contributed by atoms with Crippen molar-refractivity contribution in [3.63, 3.8) is 0 Å². The molecule has 138 valence electrons. The summed E-state index contributed by atoms with van der Waals surface area (Å²) in [6, 6.07) is 20.0. The van der Waals surface area contributed by atoms with Crippen molar-refractivity contribution in [3.8, 4) is 6.07 Å². The van der Waals surface area contributed by atoms with E-state index in [-0.39, 0.29) is 5.56 Å². The maximum atomic E-state index is 12.9. The van der Waals surface area contributed by atoms with Crippen LogP contribution in [0, 0.1) is 11.3 Å². The topological polar surface area (TPSA) is 55.0 Å². The van der Waals surface area contributed by atoms with Crippen LogP contribution in [0.3, 0.4) is 0 Å². The number of hydrogen-bond acceptors (Lipinski definition) is 3. The average Bonchev–Trinajstić information content (AvgIpc) is 2.65. The van der Waals surface area contributed by atoms with E-state index in [1.165, 1.54) is 0 Å². The van der Waals surface area contributed by atoms with Crippen molar-refractivity contribution in [2.24, 2.45) is 7.05 Å². The molecule has 0 aliphatic rings. The summed E-state index contributed by atoms with van der Waals surface area (Å²) in [7, 11) is -0.252. The van der Waals surface area contributed by atoms with Crippen LogP contribution in [0.5, 0.6) is 0 Å². The van der Waals surface area contributed by atoms with Crippen LogP contribution in [0.15, 0.2) is 59.4 Å². The van der Waals surface area contributed by atoms with Crippen LogP contribution in [0.4, 0.5) is 0 Å². The molecule has 1 aromatic heterocycles. The van der Waals surface area contributed by atoms with Crippen molar-refractivity contribution < 1.29 is 4.43 Å². The molecule has 0 spiro atoms. The van der Waals surface area contributed by atoms with Gasteiger partial charge in [0.25, 0.3) is 5.56 Å². The fourth-order valence-corrected chi connectivity index (χ4v) is 4.25. The summed E-state index contributed by atoms with van der Waals surface area (Å²) in [4.78, 5) is 12.9. The molecule has 1 unspecified atom stereocenters. The summed E-state index contributed by atoms with van der Waals surface area (Å²) in [5, 5.41) is 11.4. The van der Waals surface area contributed by atoms with Crippen molar-refractivity contribution in [3.05, 3.63) is 81.8 Å². The number of rotatable bonds is 5. The molecule has 2 aromatic carbocycles. The van der Waals surface area contributed by atoms with Gasteiger partial charge in [-0.05, 0) is 48.6 Å². The summed E-state index contributed by atoms with van der Waals surface area (Å²) in [5.74, 6) is 0. The molecule has 0 fully saturated rings. The Morgan fingerprint density at radius 1 is 1.04 bits per heavy atom. The fourth-order valence-electron chi connectivity index (χ4n) is 3.38. The van der Waals surface area contributed by atoms with Gasteiger partial charge in [0.15, 0.2) is 14.4 Å². The molecule has 0 aliphatic heterocycles. The van der Waals surface area contributed by atoms with Crippen molar-refractivity contribution >= 4 is 19.1 Å². The Hall–Kier alpha value is -2.68. The van der Waals surface area contributed by atoms with Crippen LogP contribution >= 0.6 is 0 Å². The van der Waals surface area contributed by atoms with E-state index in [1.807, 2.05) is 62.1 Å². The van der Waals surface area contributed by atoms with E-state index in [2.05, 4.69) is 18.2 Å². The maximum Gasteiger partial charge on any atom is 0.258 e. The van der Waals surface area contributed by atoms with Gasteiger partial charge < -0.3 is 8.99 Å². The second kappa shape index (κ2) is 7.51. The molecule has 1 heterocycles. The van der Waals surface area contributed by atoms with Crippen LogP contribution < -0.4 is 5.56 Å². The number of aromatic nitrogens is 1. The molecular weight excluding hydrogens is 352 g/mol. The molecule has 5 heteroatoms. The molecule has 0 saturated carbocycles. The van der Waals surface area contributed by atoms with Crippen LogP contribution in [0.25, 0.3) is 10.8 Å². The predicted octanol–water partition coefficient (Wildman–Crippen LogP) is 4.55.